The Bertz CT molecular complexity index is 546. The molecule has 0 radical (unpaired) electrons. The highest BCUT2D eigenvalue weighted by molar-refractivity contribution is 8.14. The van der Waals surface area contributed by atoms with Gasteiger partial charge in [-0.15, -0.1) is 0 Å². The zero-order valence-corrected chi connectivity index (χ0v) is 13.4. The second kappa shape index (κ2) is 5.68. The molecular formula is C18H24N2S. The van der Waals surface area contributed by atoms with Gasteiger partial charge < -0.3 is 5.32 Å². The van der Waals surface area contributed by atoms with Gasteiger partial charge in [-0.2, -0.15) is 0 Å². The van der Waals surface area contributed by atoms with Gasteiger partial charge in [-0.1, -0.05) is 55.3 Å². The molecular weight excluding hydrogens is 276 g/mol. The second-order valence-corrected chi connectivity index (χ2v) is 7.82. The molecule has 4 rings (SSSR count). The van der Waals surface area contributed by atoms with E-state index in [2.05, 4.69) is 29.6 Å². The number of hydrogen-bond donors (Lipinski definition) is 1. The summed E-state index contributed by atoms with van der Waals surface area (Å²) in [5, 5.41) is 5.01. The first kappa shape index (κ1) is 13.7. The Morgan fingerprint density at radius 2 is 1.90 bits per heavy atom. The molecule has 1 unspecified atom stereocenters. The van der Waals surface area contributed by atoms with Gasteiger partial charge in [0.25, 0.3) is 0 Å². The van der Waals surface area contributed by atoms with Crippen molar-refractivity contribution in [1.82, 2.24) is 5.32 Å². The zero-order valence-electron chi connectivity index (χ0n) is 12.6. The Balaban J connectivity index is 1.45. The minimum Gasteiger partial charge on any atom is -0.359 e. The molecule has 3 aliphatic rings. The standard InChI is InChI=1S/C18H24N2S/c1-4-10-18(11-5-1)13-21-17(20-18)19-16-9-8-14-6-2-3-7-15(14)12-16/h2-3,6-7,16H,1,4-5,8-13H2,(H,19,20). The highest BCUT2D eigenvalue weighted by atomic mass is 32.2. The summed E-state index contributed by atoms with van der Waals surface area (Å²) in [6.45, 7) is 0. The molecule has 1 aromatic carbocycles. The fourth-order valence-electron chi connectivity index (χ4n) is 4.03. The predicted octanol–water partition coefficient (Wildman–Crippen LogP) is 3.94. The van der Waals surface area contributed by atoms with Gasteiger partial charge in [0, 0.05) is 11.3 Å². The summed E-state index contributed by atoms with van der Waals surface area (Å²) in [7, 11) is 0. The topological polar surface area (TPSA) is 24.4 Å². The van der Waals surface area contributed by atoms with Crippen molar-refractivity contribution in [3.8, 4) is 0 Å². The van der Waals surface area contributed by atoms with Crippen molar-refractivity contribution in [1.29, 1.82) is 0 Å². The first-order chi connectivity index (χ1) is 10.3. The highest BCUT2D eigenvalue weighted by Crippen LogP contribution is 2.36. The van der Waals surface area contributed by atoms with Crippen molar-refractivity contribution in [3.63, 3.8) is 0 Å². The zero-order chi connectivity index (χ0) is 14.1. The summed E-state index contributed by atoms with van der Waals surface area (Å²) >= 11 is 1.96. The van der Waals surface area contributed by atoms with Crippen LogP contribution in [0.2, 0.25) is 0 Å². The van der Waals surface area contributed by atoms with E-state index < -0.39 is 0 Å². The number of fused-ring (bicyclic) bond motifs is 1. The number of nitrogens with one attached hydrogen (secondary N) is 1. The maximum Gasteiger partial charge on any atom is 0.157 e. The Morgan fingerprint density at radius 1 is 1.10 bits per heavy atom. The predicted molar refractivity (Wildman–Crippen MR) is 91.1 cm³/mol. The number of nitrogens with zero attached hydrogens (tertiary/aromatic N) is 1. The van der Waals surface area contributed by atoms with Crippen molar-refractivity contribution in [2.24, 2.45) is 4.99 Å². The molecule has 2 nitrogen and oxygen atoms in total. The molecule has 0 amide bonds. The first-order valence-electron chi connectivity index (χ1n) is 8.39. The van der Waals surface area contributed by atoms with Gasteiger partial charge in [0.15, 0.2) is 5.17 Å². The lowest BCUT2D eigenvalue weighted by Gasteiger charge is -2.33. The second-order valence-electron chi connectivity index (χ2n) is 6.85. The van der Waals surface area contributed by atoms with Crippen molar-refractivity contribution in [3.05, 3.63) is 35.4 Å². The van der Waals surface area contributed by atoms with E-state index in [1.807, 2.05) is 11.8 Å². The maximum atomic E-state index is 5.05. The molecule has 2 aliphatic carbocycles. The van der Waals surface area contributed by atoms with Gasteiger partial charge in [-0.25, -0.2) is 0 Å². The van der Waals surface area contributed by atoms with Crippen LogP contribution in [0, 0.1) is 0 Å². The lowest BCUT2D eigenvalue weighted by molar-refractivity contribution is 0.303. The molecule has 0 aromatic heterocycles. The average Bonchev–Trinajstić information content (AvgIpc) is 2.90. The van der Waals surface area contributed by atoms with Crippen LogP contribution < -0.4 is 5.32 Å². The summed E-state index contributed by atoms with van der Waals surface area (Å²) in [5.41, 5.74) is 3.42. The van der Waals surface area contributed by atoms with Gasteiger partial charge in [-0.3, -0.25) is 4.99 Å². The number of rotatable bonds is 1. The highest BCUT2D eigenvalue weighted by Gasteiger charge is 2.38. The number of thioether (sulfide) groups is 1. The third-order valence-corrected chi connectivity index (χ3v) is 6.47. The van der Waals surface area contributed by atoms with Crippen molar-refractivity contribution in [2.45, 2.75) is 62.9 Å². The molecule has 1 spiro atoms. The van der Waals surface area contributed by atoms with E-state index in [0.717, 1.165) is 6.42 Å². The van der Waals surface area contributed by atoms with Gasteiger partial charge in [-0.05, 0) is 43.2 Å². The fourth-order valence-corrected chi connectivity index (χ4v) is 5.31. The van der Waals surface area contributed by atoms with E-state index in [-0.39, 0.29) is 0 Å². The molecule has 0 bridgehead atoms. The van der Waals surface area contributed by atoms with Crippen LogP contribution in [-0.2, 0) is 12.8 Å². The molecule has 1 heterocycles. The summed E-state index contributed by atoms with van der Waals surface area (Å²) in [6, 6.07) is 9.35. The Morgan fingerprint density at radius 3 is 2.76 bits per heavy atom. The van der Waals surface area contributed by atoms with E-state index in [0.29, 0.717) is 11.6 Å². The maximum absolute atomic E-state index is 5.05. The molecule has 1 N–H and O–H groups in total. The molecule has 1 atom stereocenters. The Hall–Kier alpha value is -0.960. The van der Waals surface area contributed by atoms with Crippen LogP contribution in [-0.4, -0.2) is 22.5 Å². The molecule has 1 saturated heterocycles. The minimum absolute atomic E-state index is 0.383. The van der Waals surface area contributed by atoms with Gasteiger partial charge >= 0.3 is 0 Å². The summed E-state index contributed by atoms with van der Waals surface area (Å²) < 4.78 is 0. The van der Waals surface area contributed by atoms with Crippen LogP contribution in [0.1, 0.15) is 49.7 Å². The molecule has 21 heavy (non-hydrogen) atoms. The lowest BCUT2D eigenvalue weighted by atomic mass is 9.83. The van der Waals surface area contributed by atoms with Gasteiger partial charge in [0.05, 0.1) is 6.04 Å². The molecule has 3 heteroatoms. The number of benzene rings is 1. The lowest BCUT2D eigenvalue weighted by Crippen LogP contribution is -2.45. The molecule has 2 fully saturated rings. The van der Waals surface area contributed by atoms with E-state index in [9.17, 15) is 0 Å². The van der Waals surface area contributed by atoms with Gasteiger partial charge in [0.2, 0.25) is 0 Å². The van der Waals surface area contributed by atoms with Crippen molar-refractivity contribution >= 4 is 16.9 Å². The molecule has 1 aromatic rings. The van der Waals surface area contributed by atoms with E-state index in [1.165, 1.54) is 67.0 Å². The van der Waals surface area contributed by atoms with Gasteiger partial charge in [0.1, 0.15) is 0 Å². The minimum atomic E-state index is 0.383. The average molecular weight is 300 g/mol. The quantitative estimate of drug-likeness (QED) is 0.849. The third-order valence-electron chi connectivity index (χ3n) is 5.29. The summed E-state index contributed by atoms with van der Waals surface area (Å²) in [6.07, 6.45) is 10.4. The molecule has 1 saturated carbocycles. The number of aryl methyl sites for hydroxylation is 1. The smallest absolute Gasteiger partial charge is 0.157 e. The first-order valence-corrected chi connectivity index (χ1v) is 9.37. The number of hydrogen-bond acceptors (Lipinski definition) is 2. The van der Waals surface area contributed by atoms with Crippen LogP contribution in [0.25, 0.3) is 0 Å². The van der Waals surface area contributed by atoms with E-state index in [1.54, 1.807) is 0 Å². The fraction of sp³-hybridized carbons (Fsp3) is 0.611. The SMILES string of the molecule is c1ccc2c(c1)CCC(N=C1NC3(CCCCC3)CS1)C2. The Kier molecular flexibility index (Phi) is 3.70. The summed E-state index contributed by atoms with van der Waals surface area (Å²) in [4.78, 5) is 5.05. The Labute approximate surface area is 131 Å². The number of aliphatic imine (C=N–C) groups is 1. The monoisotopic (exact) mass is 300 g/mol. The third kappa shape index (κ3) is 2.85. The van der Waals surface area contributed by atoms with Crippen LogP contribution >= 0.6 is 11.8 Å². The van der Waals surface area contributed by atoms with Crippen LogP contribution in [0.15, 0.2) is 29.3 Å². The summed E-state index contributed by atoms with van der Waals surface area (Å²) in [5.74, 6) is 1.23. The van der Waals surface area contributed by atoms with E-state index in [4.69, 9.17) is 4.99 Å². The number of amidine groups is 1. The van der Waals surface area contributed by atoms with Crippen LogP contribution in [0.3, 0.4) is 0 Å². The van der Waals surface area contributed by atoms with Crippen LogP contribution in [0.5, 0.6) is 0 Å². The largest absolute Gasteiger partial charge is 0.359 e. The van der Waals surface area contributed by atoms with Crippen molar-refractivity contribution in [2.75, 3.05) is 5.75 Å². The van der Waals surface area contributed by atoms with Crippen LogP contribution in [0.4, 0.5) is 0 Å². The van der Waals surface area contributed by atoms with E-state index >= 15 is 0 Å². The molecule has 1 aliphatic heterocycles. The molecule has 112 valence electrons. The van der Waals surface area contributed by atoms with Crippen molar-refractivity contribution < 1.29 is 0 Å². The normalized spacial score (nSPS) is 29.3.